The molecule has 0 radical (unpaired) electrons. The fraction of sp³-hybridized carbons (Fsp3) is 0.273. The van der Waals surface area contributed by atoms with Crippen LogP contribution in [0.2, 0.25) is 5.02 Å². The van der Waals surface area contributed by atoms with E-state index in [1.165, 1.54) is 6.07 Å². The summed E-state index contributed by atoms with van der Waals surface area (Å²) in [6.45, 7) is 8.48. The van der Waals surface area contributed by atoms with Crippen LogP contribution >= 0.6 is 11.6 Å². The van der Waals surface area contributed by atoms with Crippen molar-refractivity contribution in [2.24, 2.45) is 7.05 Å². The van der Waals surface area contributed by atoms with Gasteiger partial charge in [-0.25, -0.2) is 9.37 Å². The van der Waals surface area contributed by atoms with E-state index >= 15 is 0 Å². The van der Waals surface area contributed by atoms with E-state index in [0.717, 1.165) is 22.5 Å². The summed E-state index contributed by atoms with van der Waals surface area (Å²) in [6.07, 6.45) is 0. The molecule has 0 saturated carbocycles. The number of fused-ring (bicyclic) bond motifs is 1. The summed E-state index contributed by atoms with van der Waals surface area (Å²) in [7, 11) is 1.91. The zero-order valence-electron chi connectivity index (χ0n) is 18.6. The Morgan fingerprint density at radius 2 is 1.86 bits per heavy atom. The average molecular weight is 421 g/mol. The van der Waals surface area contributed by atoms with Crippen molar-refractivity contribution in [1.82, 2.24) is 19.7 Å². The maximum Gasteiger partial charge on any atom is 1.00 e. The van der Waals surface area contributed by atoms with Crippen LogP contribution < -0.4 is 29.6 Å². The second-order valence-corrected chi connectivity index (χ2v) is 8.52. The molecule has 0 aliphatic carbocycles. The molecule has 29 heavy (non-hydrogen) atoms. The molecule has 4 nitrogen and oxygen atoms in total. The van der Waals surface area contributed by atoms with E-state index < -0.39 is 0 Å². The van der Waals surface area contributed by atoms with Crippen LogP contribution in [0.3, 0.4) is 0 Å². The number of aromatic nitrogens is 4. The minimum atomic E-state index is -0.282. The number of aryl methyl sites for hydroxylation is 1. The minimum absolute atomic E-state index is 0. The standard InChI is InChI=1S/C22H22ClFN4.Na.H/c1-12-19(28(5)27-20(12)22(2,3)4)21-25-17-11-13(10-15(23)18(17)26-21)14-8-6-7-9-16(14)24;;/h6-11H,1-5H3,(H,25,26);;/q;+1;-1. The van der Waals surface area contributed by atoms with E-state index in [4.69, 9.17) is 21.7 Å². The van der Waals surface area contributed by atoms with Gasteiger partial charge in [0.15, 0.2) is 5.82 Å². The molecule has 0 aliphatic heterocycles. The molecular weight excluding hydrogens is 398 g/mol. The van der Waals surface area contributed by atoms with Crippen LogP contribution in [0.15, 0.2) is 36.4 Å². The Morgan fingerprint density at radius 1 is 1.17 bits per heavy atom. The first-order chi connectivity index (χ1) is 13.2. The molecule has 0 atom stereocenters. The number of hydrogen-bond acceptors (Lipinski definition) is 2. The van der Waals surface area contributed by atoms with Crippen LogP contribution in [0.1, 0.15) is 33.5 Å². The molecular formula is C22H23ClFN4Na. The predicted molar refractivity (Wildman–Crippen MR) is 113 cm³/mol. The number of hydrogen-bond donors (Lipinski definition) is 1. The second-order valence-electron chi connectivity index (χ2n) is 8.12. The molecule has 0 bridgehead atoms. The van der Waals surface area contributed by atoms with Crippen molar-refractivity contribution in [2.45, 2.75) is 33.1 Å². The van der Waals surface area contributed by atoms with Gasteiger partial charge in [0, 0.05) is 23.6 Å². The van der Waals surface area contributed by atoms with Gasteiger partial charge >= 0.3 is 29.6 Å². The normalized spacial score (nSPS) is 11.7. The van der Waals surface area contributed by atoms with Gasteiger partial charge in [-0.2, -0.15) is 5.10 Å². The van der Waals surface area contributed by atoms with Crippen molar-refractivity contribution in [3.05, 3.63) is 58.5 Å². The quantitative estimate of drug-likeness (QED) is 0.506. The van der Waals surface area contributed by atoms with Crippen molar-refractivity contribution < 1.29 is 35.4 Å². The topological polar surface area (TPSA) is 46.5 Å². The number of aromatic amines is 1. The monoisotopic (exact) mass is 420 g/mol. The van der Waals surface area contributed by atoms with Crippen LogP contribution in [0.4, 0.5) is 4.39 Å². The fourth-order valence-corrected chi connectivity index (χ4v) is 3.97. The smallest absolute Gasteiger partial charge is 1.00 e. The van der Waals surface area contributed by atoms with Crippen LogP contribution in [-0.4, -0.2) is 19.7 Å². The molecule has 4 aromatic rings. The van der Waals surface area contributed by atoms with Gasteiger partial charge in [0.25, 0.3) is 0 Å². The van der Waals surface area contributed by atoms with Gasteiger partial charge in [0.1, 0.15) is 17.0 Å². The summed E-state index contributed by atoms with van der Waals surface area (Å²) < 4.78 is 16.1. The molecule has 0 aliphatic rings. The summed E-state index contributed by atoms with van der Waals surface area (Å²) in [5.41, 5.74) is 5.61. The summed E-state index contributed by atoms with van der Waals surface area (Å²) in [6, 6.07) is 10.3. The number of H-pyrrole nitrogens is 1. The van der Waals surface area contributed by atoms with Gasteiger partial charge in [0.05, 0.1) is 16.2 Å². The minimum Gasteiger partial charge on any atom is -1.00 e. The number of imidazole rings is 1. The molecule has 0 saturated heterocycles. The van der Waals surface area contributed by atoms with E-state index in [0.29, 0.717) is 27.5 Å². The Hall–Kier alpha value is -1.66. The average Bonchev–Trinajstić information content (AvgIpc) is 3.15. The van der Waals surface area contributed by atoms with Crippen molar-refractivity contribution >= 4 is 22.6 Å². The van der Waals surface area contributed by atoms with Crippen molar-refractivity contribution in [2.75, 3.05) is 0 Å². The Labute approximate surface area is 198 Å². The van der Waals surface area contributed by atoms with E-state index in [1.807, 2.05) is 23.9 Å². The molecule has 0 unspecified atom stereocenters. The van der Waals surface area contributed by atoms with Gasteiger partial charge in [-0.1, -0.05) is 50.6 Å². The zero-order chi connectivity index (χ0) is 20.2. The maximum atomic E-state index is 14.2. The Morgan fingerprint density at radius 3 is 2.48 bits per heavy atom. The third-order valence-electron chi connectivity index (χ3n) is 4.94. The number of nitrogens with one attached hydrogen (secondary N) is 1. The van der Waals surface area contributed by atoms with Gasteiger partial charge < -0.3 is 6.41 Å². The Kier molecular flexibility index (Phi) is 5.98. The molecule has 2 aromatic heterocycles. The first kappa shape index (κ1) is 22.0. The molecule has 0 amide bonds. The van der Waals surface area contributed by atoms with E-state index in [2.05, 4.69) is 32.7 Å². The molecule has 146 valence electrons. The van der Waals surface area contributed by atoms with Crippen LogP contribution in [0.25, 0.3) is 33.7 Å². The van der Waals surface area contributed by atoms with Gasteiger partial charge in [-0.15, -0.1) is 0 Å². The largest absolute Gasteiger partial charge is 1.00 e. The van der Waals surface area contributed by atoms with E-state index in [9.17, 15) is 4.39 Å². The fourth-order valence-electron chi connectivity index (χ4n) is 3.71. The molecule has 2 heterocycles. The Bertz CT molecular complexity index is 1210. The van der Waals surface area contributed by atoms with Crippen molar-refractivity contribution in [3.63, 3.8) is 0 Å². The van der Waals surface area contributed by atoms with Crippen LogP contribution in [0.5, 0.6) is 0 Å². The molecule has 7 heteroatoms. The van der Waals surface area contributed by atoms with Crippen LogP contribution in [0, 0.1) is 12.7 Å². The zero-order valence-corrected chi connectivity index (χ0v) is 20.3. The van der Waals surface area contributed by atoms with Crippen LogP contribution in [-0.2, 0) is 12.5 Å². The first-order valence-electron chi connectivity index (χ1n) is 9.15. The van der Waals surface area contributed by atoms with Crippen molar-refractivity contribution in [1.29, 1.82) is 0 Å². The maximum absolute atomic E-state index is 14.2. The molecule has 2 aromatic carbocycles. The number of rotatable bonds is 2. The third-order valence-corrected chi connectivity index (χ3v) is 5.23. The molecule has 1 N–H and O–H groups in total. The van der Waals surface area contributed by atoms with Crippen molar-refractivity contribution in [3.8, 4) is 22.6 Å². The van der Waals surface area contributed by atoms with Gasteiger partial charge in [-0.3, -0.25) is 4.68 Å². The molecule has 0 spiro atoms. The third kappa shape index (κ3) is 3.89. The van der Waals surface area contributed by atoms with Gasteiger partial charge in [0.2, 0.25) is 0 Å². The summed E-state index contributed by atoms with van der Waals surface area (Å²) in [5.74, 6) is 0.417. The predicted octanol–water partition coefficient (Wildman–Crippen LogP) is 3.15. The van der Waals surface area contributed by atoms with E-state index in [1.54, 1.807) is 18.2 Å². The molecule has 0 fully saturated rings. The first-order valence-corrected chi connectivity index (χ1v) is 9.53. The summed E-state index contributed by atoms with van der Waals surface area (Å²) in [4.78, 5) is 8.06. The SMILES string of the molecule is Cc1c(C(C)(C)C)nn(C)c1-c1nc2c(Cl)cc(-c3ccccc3F)cc2[nH]1.[H-].[Na+]. The summed E-state index contributed by atoms with van der Waals surface area (Å²) >= 11 is 6.50. The Balaban J connectivity index is 0.00000160. The second kappa shape index (κ2) is 7.88. The molecule has 4 rings (SSSR count). The number of nitrogens with zero attached hydrogens (tertiary/aromatic N) is 3. The number of halogens is 2. The van der Waals surface area contributed by atoms with Gasteiger partial charge in [-0.05, 0) is 30.7 Å². The van der Waals surface area contributed by atoms with E-state index in [-0.39, 0.29) is 42.2 Å². The summed E-state index contributed by atoms with van der Waals surface area (Å²) in [5, 5.41) is 5.18. The number of benzene rings is 2.